The summed E-state index contributed by atoms with van der Waals surface area (Å²) >= 11 is 0. The van der Waals surface area contributed by atoms with Crippen LogP contribution in [-0.4, -0.2) is 40.0 Å². The normalized spacial score (nSPS) is 19.3. The van der Waals surface area contributed by atoms with Crippen LogP contribution in [0.5, 0.6) is 0 Å². The van der Waals surface area contributed by atoms with E-state index in [1.807, 2.05) is 20.2 Å². The standard InChI is InChI=1S/C14H25N5O/c1-4-15-13(18-12-6-5-7-12)16-10-14(2,20)11-8-17-19(3)9-11/h8-9,12,20H,4-7,10H2,1-3H3,(H2,15,16,18). The third-order valence-electron chi connectivity index (χ3n) is 3.66. The maximum Gasteiger partial charge on any atom is 0.191 e. The molecular formula is C14H25N5O. The maximum absolute atomic E-state index is 10.5. The van der Waals surface area contributed by atoms with Gasteiger partial charge in [0, 0.05) is 31.4 Å². The van der Waals surface area contributed by atoms with Crippen LogP contribution >= 0.6 is 0 Å². The number of hydrogen-bond donors (Lipinski definition) is 3. The highest BCUT2D eigenvalue weighted by molar-refractivity contribution is 5.80. The summed E-state index contributed by atoms with van der Waals surface area (Å²) in [5, 5.41) is 21.2. The Morgan fingerprint density at radius 2 is 2.35 bits per heavy atom. The van der Waals surface area contributed by atoms with Crippen molar-refractivity contribution in [3.63, 3.8) is 0 Å². The first-order valence-electron chi connectivity index (χ1n) is 7.27. The first kappa shape index (κ1) is 14.8. The molecule has 1 heterocycles. The van der Waals surface area contributed by atoms with Crippen molar-refractivity contribution in [1.29, 1.82) is 0 Å². The Morgan fingerprint density at radius 1 is 1.60 bits per heavy atom. The second-order valence-electron chi connectivity index (χ2n) is 5.64. The minimum Gasteiger partial charge on any atom is -0.383 e. The highest BCUT2D eigenvalue weighted by Crippen LogP contribution is 2.20. The third-order valence-corrected chi connectivity index (χ3v) is 3.66. The van der Waals surface area contributed by atoms with Crippen molar-refractivity contribution in [1.82, 2.24) is 20.4 Å². The molecule has 1 aromatic rings. The lowest BCUT2D eigenvalue weighted by atomic mass is 9.93. The van der Waals surface area contributed by atoms with Crippen LogP contribution in [0.15, 0.2) is 17.4 Å². The molecule has 0 radical (unpaired) electrons. The lowest BCUT2D eigenvalue weighted by Crippen LogP contribution is -2.46. The number of nitrogens with zero attached hydrogens (tertiary/aromatic N) is 3. The Balaban J connectivity index is 1.99. The number of aromatic nitrogens is 2. The fraction of sp³-hybridized carbons (Fsp3) is 0.714. The molecule has 0 aliphatic heterocycles. The first-order valence-corrected chi connectivity index (χ1v) is 7.27. The van der Waals surface area contributed by atoms with Crippen LogP contribution in [0.3, 0.4) is 0 Å². The monoisotopic (exact) mass is 279 g/mol. The largest absolute Gasteiger partial charge is 0.383 e. The number of aliphatic imine (C=N–C) groups is 1. The van der Waals surface area contributed by atoms with Gasteiger partial charge in [-0.2, -0.15) is 5.10 Å². The SMILES string of the molecule is CCNC(=NCC(C)(O)c1cnn(C)c1)NC1CCC1. The highest BCUT2D eigenvalue weighted by Gasteiger charge is 2.25. The number of guanidine groups is 1. The fourth-order valence-corrected chi connectivity index (χ4v) is 2.09. The van der Waals surface area contributed by atoms with Crippen LogP contribution in [0.4, 0.5) is 0 Å². The van der Waals surface area contributed by atoms with E-state index in [1.165, 1.54) is 19.3 Å². The van der Waals surface area contributed by atoms with E-state index in [2.05, 4.69) is 20.7 Å². The molecule has 20 heavy (non-hydrogen) atoms. The van der Waals surface area contributed by atoms with Gasteiger partial charge in [0.1, 0.15) is 5.60 Å². The minimum atomic E-state index is -1.00. The van der Waals surface area contributed by atoms with Crippen LogP contribution in [0.2, 0.25) is 0 Å². The molecule has 1 aromatic heterocycles. The third kappa shape index (κ3) is 3.72. The van der Waals surface area contributed by atoms with Crippen molar-refractivity contribution in [3.05, 3.63) is 18.0 Å². The molecular weight excluding hydrogens is 254 g/mol. The van der Waals surface area contributed by atoms with Crippen molar-refractivity contribution >= 4 is 5.96 Å². The zero-order valence-electron chi connectivity index (χ0n) is 12.6. The summed E-state index contributed by atoms with van der Waals surface area (Å²) in [6.07, 6.45) is 7.18. The van der Waals surface area contributed by atoms with Crippen molar-refractivity contribution in [2.45, 2.75) is 44.8 Å². The van der Waals surface area contributed by atoms with E-state index >= 15 is 0 Å². The van der Waals surface area contributed by atoms with Gasteiger partial charge in [-0.25, -0.2) is 4.99 Å². The molecule has 3 N–H and O–H groups in total. The Morgan fingerprint density at radius 3 is 2.85 bits per heavy atom. The van der Waals surface area contributed by atoms with E-state index in [0.29, 0.717) is 12.6 Å². The van der Waals surface area contributed by atoms with E-state index in [4.69, 9.17) is 0 Å². The van der Waals surface area contributed by atoms with E-state index < -0.39 is 5.60 Å². The van der Waals surface area contributed by atoms with Crippen LogP contribution < -0.4 is 10.6 Å². The number of nitrogens with one attached hydrogen (secondary N) is 2. The second-order valence-corrected chi connectivity index (χ2v) is 5.64. The van der Waals surface area contributed by atoms with Gasteiger partial charge in [0.25, 0.3) is 0 Å². The smallest absolute Gasteiger partial charge is 0.191 e. The molecule has 0 aromatic carbocycles. The molecule has 1 unspecified atom stereocenters. The van der Waals surface area contributed by atoms with Gasteiger partial charge >= 0.3 is 0 Å². The Bertz CT molecular complexity index is 462. The molecule has 112 valence electrons. The fourth-order valence-electron chi connectivity index (χ4n) is 2.09. The van der Waals surface area contributed by atoms with Crippen molar-refractivity contribution in [2.24, 2.45) is 12.0 Å². The topological polar surface area (TPSA) is 74.5 Å². The summed E-state index contributed by atoms with van der Waals surface area (Å²) < 4.78 is 1.69. The molecule has 1 atom stereocenters. The summed E-state index contributed by atoms with van der Waals surface area (Å²) in [5.74, 6) is 0.779. The minimum absolute atomic E-state index is 0.306. The second kappa shape index (κ2) is 6.26. The Kier molecular flexibility index (Phi) is 4.65. The first-order chi connectivity index (χ1) is 9.51. The summed E-state index contributed by atoms with van der Waals surface area (Å²) in [6.45, 7) is 4.92. The molecule has 0 spiro atoms. The quantitative estimate of drug-likeness (QED) is 0.549. The molecule has 0 saturated heterocycles. The van der Waals surface area contributed by atoms with Crippen LogP contribution in [0, 0.1) is 0 Å². The Labute approximate surface area is 120 Å². The molecule has 6 nitrogen and oxygen atoms in total. The predicted octanol–water partition coefficient (Wildman–Crippen LogP) is 0.735. The molecule has 1 fully saturated rings. The van der Waals surface area contributed by atoms with Gasteiger partial charge in [0.2, 0.25) is 0 Å². The van der Waals surface area contributed by atoms with Gasteiger partial charge in [-0.15, -0.1) is 0 Å². The zero-order chi connectivity index (χ0) is 14.6. The van der Waals surface area contributed by atoms with Gasteiger partial charge in [0.15, 0.2) is 5.96 Å². The predicted molar refractivity (Wildman–Crippen MR) is 79.5 cm³/mol. The van der Waals surface area contributed by atoms with Crippen LogP contribution in [-0.2, 0) is 12.6 Å². The van der Waals surface area contributed by atoms with Crippen LogP contribution in [0.1, 0.15) is 38.7 Å². The van der Waals surface area contributed by atoms with Crippen LogP contribution in [0.25, 0.3) is 0 Å². The zero-order valence-corrected chi connectivity index (χ0v) is 12.6. The number of rotatable bonds is 5. The molecule has 1 aliphatic rings. The molecule has 0 bridgehead atoms. The molecule has 0 amide bonds. The highest BCUT2D eigenvalue weighted by atomic mass is 16.3. The summed E-state index contributed by atoms with van der Waals surface area (Å²) in [4.78, 5) is 4.50. The van der Waals surface area contributed by atoms with E-state index in [1.54, 1.807) is 17.8 Å². The average molecular weight is 279 g/mol. The molecule has 1 aliphatic carbocycles. The van der Waals surface area contributed by atoms with Gasteiger partial charge in [-0.05, 0) is 33.1 Å². The average Bonchev–Trinajstić information content (AvgIpc) is 2.78. The number of aliphatic hydroxyl groups is 1. The summed E-state index contributed by atoms with van der Waals surface area (Å²) in [5.41, 5.74) is -0.223. The molecule has 1 saturated carbocycles. The lowest BCUT2D eigenvalue weighted by Gasteiger charge is -2.29. The summed E-state index contributed by atoms with van der Waals surface area (Å²) in [7, 11) is 1.84. The molecule has 6 heteroatoms. The summed E-state index contributed by atoms with van der Waals surface area (Å²) in [6, 6.07) is 0.524. The van der Waals surface area contributed by atoms with E-state index in [-0.39, 0.29) is 0 Å². The van der Waals surface area contributed by atoms with Crippen molar-refractivity contribution in [3.8, 4) is 0 Å². The van der Waals surface area contributed by atoms with Gasteiger partial charge < -0.3 is 15.7 Å². The van der Waals surface area contributed by atoms with Crippen molar-refractivity contribution < 1.29 is 5.11 Å². The Hall–Kier alpha value is -1.56. The van der Waals surface area contributed by atoms with E-state index in [9.17, 15) is 5.11 Å². The van der Waals surface area contributed by atoms with Gasteiger partial charge in [0.05, 0.1) is 12.7 Å². The van der Waals surface area contributed by atoms with Gasteiger partial charge in [-0.1, -0.05) is 0 Å². The maximum atomic E-state index is 10.5. The lowest BCUT2D eigenvalue weighted by molar-refractivity contribution is 0.0671. The van der Waals surface area contributed by atoms with Gasteiger partial charge in [-0.3, -0.25) is 4.68 Å². The van der Waals surface area contributed by atoms with E-state index in [0.717, 1.165) is 18.1 Å². The number of hydrogen-bond acceptors (Lipinski definition) is 3. The van der Waals surface area contributed by atoms with Crippen molar-refractivity contribution in [2.75, 3.05) is 13.1 Å². The number of aryl methyl sites for hydroxylation is 1. The molecule has 2 rings (SSSR count).